The summed E-state index contributed by atoms with van der Waals surface area (Å²) in [4.78, 5) is 34.4. The van der Waals surface area contributed by atoms with Crippen molar-refractivity contribution in [1.82, 2.24) is 5.32 Å². The molecule has 1 aromatic rings. The first-order valence-corrected chi connectivity index (χ1v) is 6.14. The third kappa shape index (κ3) is 4.08. The topological polar surface area (TPSA) is 81.7 Å². The molecular weight excluding hydrogens is 262 g/mol. The first kappa shape index (κ1) is 15.7. The molecule has 6 heteroatoms. The lowest BCUT2D eigenvalue weighted by molar-refractivity contribution is -0.145. The summed E-state index contributed by atoms with van der Waals surface area (Å²) in [7, 11) is 1.22. The molecule has 108 valence electrons. The Morgan fingerprint density at radius 1 is 1.25 bits per heavy atom. The summed E-state index contributed by atoms with van der Waals surface area (Å²) in [5.41, 5.74) is 0.372. The van der Waals surface area contributed by atoms with Crippen molar-refractivity contribution in [1.29, 1.82) is 0 Å². The van der Waals surface area contributed by atoms with Crippen LogP contribution >= 0.6 is 0 Å². The van der Waals surface area contributed by atoms with Crippen LogP contribution in [0.2, 0.25) is 0 Å². The first-order valence-electron chi connectivity index (χ1n) is 6.14. The van der Waals surface area contributed by atoms with E-state index in [9.17, 15) is 14.4 Å². The minimum absolute atomic E-state index is 0.215. The SMILES string of the molecule is CCC(=O)NC(C(=O)OC)c1ccccc1OC(C)=O. The molecule has 0 aliphatic rings. The number of nitrogens with one attached hydrogen (secondary N) is 1. The van der Waals surface area contributed by atoms with Gasteiger partial charge in [-0.25, -0.2) is 4.79 Å². The number of amides is 1. The maximum Gasteiger partial charge on any atom is 0.333 e. The lowest BCUT2D eigenvalue weighted by Crippen LogP contribution is -2.34. The van der Waals surface area contributed by atoms with E-state index in [1.165, 1.54) is 14.0 Å². The van der Waals surface area contributed by atoms with E-state index < -0.39 is 18.0 Å². The molecule has 0 radical (unpaired) electrons. The van der Waals surface area contributed by atoms with E-state index in [4.69, 9.17) is 4.74 Å². The summed E-state index contributed by atoms with van der Waals surface area (Å²) in [6, 6.07) is 5.47. The molecule has 1 N–H and O–H groups in total. The lowest BCUT2D eigenvalue weighted by Gasteiger charge is -2.18. The number of rotatable bonds is 5. The van der Waals surface area contributed by atoms with Gasteiger partial charge in [-0.05, 0) is 6.07 Å². The highest BCUT2D eigenvalue weighted by Crippen LogP contribution is 2.26. The zero-order valence-electron chi connectivity index (χ0n) is 11.6. The Morgan fingerprint density at radius 2 is 1.90 bits per heavy atom. The number of benzene rings is 1. The van der Waals surface area contributed by atoms with Crippen LogP contribution < -0.4 is 10.1 Å². The molecule has 0 saturated carbocycles. The molecule has 1 atom stereocenters. The Kier molecular flexibility index (Phi) is 5.71. The molecule has 0 spiro atoms. The van der Waals surface area contributed by atoms with Gasteiger partial charge in [0.15, 0.2) is 6.04 Å². The molecule has 0 saturated heterocycles. The van der Waals surface area contributed by atoms with Crippen molar-refractivity contribution in [2.24, 2.45) is 0 Å². The lowest BCUT2D eigenvalue weighted by atomic mass is 10.1. The van der Waals surface area contributed by atoms with Gasteiger partial charge in [-0.3, -0.25) is 9.59 Å². The Hall–Kier alpha value is -2.37. The summed E-state index contributed by atoms with van der Waals surface area (Å²) >= 11 is 0. The predicted octanol–water partition coefficient (Wildman–Crippen LogP) is 1.35. The summed E-state index contributed by atoms with van der Waals surface area (Å²) in [5.74, 6) is -1.24. The zero-order chi connectivity index (χ0) is 15.1. The number of hydrogen-bond donors (Lipinski definition) is 1. The van der Waals surface area contributed by atoms with Gasteiger partial charge in [0.1, 0.15) is 5.75 Å². The Bertz CT molecular complexity index is 512. The van der Waals surface area contributed by atoms with E-state index in [-0.39, 0.29) is 18.1 Å². The third-order valence-corrected chi connectivity index (χ3v) is 2.55. The summed E-state index contributed by atoms with van der Waals surface area (Å²) < 4.78 is 9.72. The molecule has 1 aromatic carbocycles. The molecule has 0 aliphatic carbocycles. The fraction of sp³-hybridized carbons (Fsp3) is 0.357. The van der Waals surface area contributed by atoms with Gasteiger partial charge < -0.3 is 14.8 Å². The van der Waals surface area contributed by atoms with Gasteiger partial charge in [-0.2, -0.15) is 0 Å². The average Bonchev–Trinajstić information content (AvgIpc) is 2.44. The molecule has 0 aliphatic heterocycles. The second kappa shape index (κ2) is 7.28. The van der Waals surface area contributed by atoms with Gasteiger partial charge in [-0.1, -0.05) is 25.1 Å². The van der Waals surface area contributed by atoms with Crippen molar-refractivity contribution in [3.63, 3.8) is 0 Å². The predicted molar refractivity (Wildman–Crippen MR) is 70.9 cm³/mol. The number of hydrogen-bond acceptors (Lipinski definition) is 5. The second-order valence-corrected chi connectivity index (χ2v) is 4.01. The van der Waals surface area contributed by atoms with Crippen LogP contribution in [0.1, 0.15) is 31.9 Å². The number of ether oxygens (including phenoxy) is 2. The van der Waals surface area contributed by atoms with Crippen molar-refractivity contribution < 1.29 is 23.9 Å². The molecule has 0 bridgehead atoms. The van der Waals surface area contributed by atoms with Crippen LogP contribution in [0.25, 0.3) is 0 Å². The van der Waals surface area contributed by atoms with Crippen LogP contribution in [0.4, 0.5) is 0 Å². The number of carbonyl (C=O) groups excluding carboxylic acids is 3. The summed E-state index contributed by atoms with van der Waals surface area (Å²) in [6.45, 7) is 2.93. The van der Waals surface area contributed by atoms with Crippen LogP contribution in [-0.2, 0) is 19.1 Å². The number of carbonyl (C=O) groups is 3. The Morgan fingerprint density at radius 3 is 2.45 bits per heavy atom. The zero-order valence-corrected chi connectivity index (χ0v) is 11.6. The molecule has 1 amide bonds. The highest BCUT2D eigenvalue weighted by molar-refractivity contribution is 5.86. The summed E-state index contributed by atoms with van der Waals surface area (Å²) in [5, 5.41) is 2.54. The maximum atomic E-state index is 11.8. The number of methoxy groups -OCH3 is 1. The van der Waals surface area contributed by atoms with Crippen LogP contribution in [0.15, 0.2) is 24.3 Å². The van der Waals surface area contributed by atoms with Gasteiger partial charge in [0.05, 0.1) is 7.11 Å². The molecule has 6 nitrogen and oxygen atoms in total. The van der Waals surface area contributed by atoms with Crippen molar-refractivity contribution in [3.05, 3.63) is 29.8 Å². The van der Waals surface area contributed by atoms with Gasteiger partial charge in [0.2, 0.25) is 5.91 Å². The third-order valence-electron chi connectivity index (χ3n) is 2.55. The molecule has 0 fully saturated rings. The van der Waals surface area contributed by atoms with Crippen molar-refractivity contribution in [2.75, 3.05) is 7.11 Å². The Balaban J connectivity index is 3.15. The highest BCUT2D eigenvalue weighted by atomic mass is 16.5. The molecule has 0 heterocycles. The standard InChI is InChI=1S/C14H17NO5/c1-4-12(17)15-13(14(18)19-3)10-7-5-6-8-11(10)20-9(2)16/h5-8,13H,4H2,1-3H3,(H,15,17). The number of para-hydroxylation sites is 1. The van der Waals surface area contributed by atoms with Gasteiger partial charge in [-0.15, -0.1) is 0 Å². The van der Waals surface area contributed by atoms with Gasteiger partial charge in [0.25, 0.3) is 0 Å². The normalized spacial score (nSPS) is 11.3. The largest absolute Gasteiger partial charge is 0.467 e. The van der Waals surface area contributed by atoms with E-state index in [1.807, 2.05) is 0 Å². The van der Waals surface area contributed by atoms with Crippen LogP contribution in [0.3, 0.4) is 0 Å². The minimum atomic E-state index is -1.01. The number of esters is 2. The van der Waals surface area contributed by atoms with Crippen LogP contribution in [0, 0.1) is 0 Å². The quantitative estimate of drug-likeness (QED) is 0.650. The minimum Gasteiger partial charge on any atom is -0.467 e. The van der Waals surface area contributed by atoms with Gasteiger partial charge in [0, 0.05) is 18.9 Å². The van der Waals surface area contributed by atoms with Crippen molar-refractivity contribution in [2.45, 2.75) is 26.3 Å². The fourth-order valence-corrected chi connectivity index (χ4v) is 1.61. The molecule has 1 rings (SSSR count). The molecule has 20 heavy (non-hydrogen) atoms. The smallest absolute Gasteiger partial charge is 0.333 e. The monoisotopic (exact) mass is 279 g/mol. The van der Waals surface area contributed by atoms with E-state index in [0.717, 1.165) is 0 Å². The molecule has 0 aromatic heterocycles. The van der Waals surface area contributed by atoms with Crippen molar-refractivity contribution in [3.8, 4) is 5.75 Å². The van der Waals surface area contributed by atoms with Crippen LogP contribution in [0.5, 0.6) is 5.75 Å². The fourth-order valence-electron chi connectivity index (χ4n) is 1.61. The van der Waals surface area contributed by atoms with E-state index in [0.29, 0.717) is 5.56 Å². The molecule has 1 unspecified atom stereocenters. The van der Waals surface area contributed by atoms with E-state index in [1.54, 1.807) is 31.2 Å². The Labute approximate surface area is 117 Å². The van der Waals surface area contributed by atoms with Crippen LogP contribution in [-0.4, -0.2) is 25.0 Å². The van der Waals surface area contributed by atoms with E-state index in [2.05, 4.69) is 10.1 Å². The van der Waals surface area contributed by atoms with Crippen molar-refractivity contribution >= 4 is 17.8 Å². The highest BCUT2D eigenvalue weighted by Gasteiger charge is 2.26. The first-order chi connectivity index (χ1) is 9.49. The maximum absolute atomic E-state index is 11.8. The second-order valence-electron chi connectivity index (χ2n) is 4.01. The summed E-state index contributed by atoms with van der Waals surface area (Å²) in [6.07, 6.45) is 0.225. The van der Waals surface area contributed by atoms with E-state index >= 15 is 0 Å². The van der Waals surface area contributed by atoms with Gasteiger partial charge >= 0.3 is 11.9 Å². The average molecular weight is 279 g/mol. The molecular formula is C14H17NO5.